The van der Waals surface area contributed by atoms with E-state index >= 15 is 0 Å². The Labute approximate surface area is 200 Å². The van der Waals surface area contributed by atoms with Crippen molar-refractivity contribution in [2.24, 2.45) is 0 Å². The highest BCUT2D eigenvalue weighted by Crippen LogP contribution is 2.40. The second kappa shape index (κ2) is 11.5. The fourth-order valence-electron chi connectivity index (χ4n) is 3.49. The van der Waals surface area contributed by atoms with E-state index in [1.54, 1.807) is 19.1 Å². The molecule has 1 aromatic heterocycles. The van der Waals surface area contributed by atoms with Gasteiger partial charge in [0, 0.05) is 18.7 Å². The molecule has 32 heavy (non-hydrogen) atoms. The van der Waals surface area contributed by atoms with Crippen LogP contribution in [0.1, 0.15) is 35.3 Å². The molecule has 8 heteroatoms. The molecule has 0 atom stereocenters. The summed E-state index contributed by atoms with van der Waals surface area (Å²) in [6, 6.07) is 9.56. The maximum absolute atomic E-state index is 13.6. The van der Waals surface area contributed by atoms with Gasteiger partial charge in [0.25, 0.3) is 5.91 Å². The van der Waals surface area contributed by atoms with Crippen LogP contribution in [0.2, 0.25) is 0 Å². The van der Waals surface area contributed by atoms with E-state index in [0.29, 0.717) is 28.5 Å². The number of fused-ring (bicyclic) bond motifs is 1. The van der Waals surface area contributed by atoms with E-state index < -0.39 is 0 Å². The zero-order chi connectivity index (χ0) is 22.5. The molecule has 0 bridgehead atoms. The summed E-state index contributed by atoms with van der Waals surface area (Å²) in [4.78, 5) is 22.5. The lowest BCUT2D eigenvalue weighted by Crippen LogP contribution is -2.38. The monoisotopic (exact) mass is 477 g/mol. The minimum absolute atomic E-state index is 0. The fraction of sp³-hybridized carbons (Fsp3) is 0.417. The number of hydrogen-bond acceptors (Lipinski definition) is 6. The van der Waals surface area contributed by atoms with E-state index in [-0.39, 0.29) is 18.3 Å². The van der Waals surface area contributed by atoms with Crippen molar-refractivity contribution in [3.8, 4) is 11.5 Å². The van der Waals surface area contributed by atoms with Gasteiger partial charge in [-0.3, -0.25) is 9.69 Å². The Morgan fingerprint density at radius 1 is 0.969 bits per heavy atom. The average Bonchev–Trinajstić information content (AvgIpc) is 3.22. The number of likely N-dealkylation sites (N-methyl/N-ethyl adjacent to an activating group) is 1. The minimum Gasteiger partial charge on any atom is -0.495 e. The number of amides is 1. The van der Waals surface area contributed by atoms with Crippen molar-refractivity contribution in [2.75, 3.05) is 45.3 Å². The van der Waals surface area contributed by atoms with Gasteiger partial charge >= 0.3 is 0 Å². The summed E-state index contributed by atoms with van der Waals surface area (Å²) in [5, 5.41) is 0.646. The zero-order valence-electron chi connectivity index (χ0n) is 19.6. The lowest BCUT2D eigenvalue weighted by Gasteiger charge is -2.25. The topological polar surface area (TPSA) is 54.9 Å². The van der Waals surface area contributed by atoms with E-state index in [9.17, 15) is 4.79 Å². The molecule has 1 amide bonds. The Morgan fingerprint density at radius 3 is 2.22 bits per heavy atom. The highest BCUT2D eigenvalue weighted by Gasteiger charge is 2.24. The van der Waals surface area contributed by atoms with E-state index in [2.05, 4.69) is 18.7 Å². The molecule has 3 rings (SSSR count). The van der Waals surface area contributed by atoms with Crippen LogP contribution in [-0.2, 0) is 0 Å². The molecular formula is C24H32ClN3O3S. The van der Waals surface area contributed by atoms with Crippen LogP contribution in [0.5, 0.6) is 11.5 Å². The van der Waals surface area contributed by atoms with Gasteiger partial charge in [0.05, 0.1) is 14.2 Å². The van der Waals surface area contributed by atoms with Gasteiger partial charge in [0.15, 0.2) is 5.13 Å². The summed E-state index contributed by atoms with van der Waals surface area (Å²) in [5.74, 6) is 1.34. The molecular weight excluding hydrogens is 446 g/mol. The number of rotatable bonds is 9. The van der Waals surface area contributed by atoms with Gasteiger partial charge in [-0.15, -0.1) is 12.4 Å². The third-order valence-electron chi connectivity index (χ3n) is 5.66. The standard InChI is InChI=1S/C24H31N3O3S.ClH/c1-7-26(8-2)13-14-27(23(28)18-10-9-16(3)17(4)15-18)24-25-21-19(29-5)11-12-20(30-6)22(21)31-24;/h9-12,15H,7-8,13-14H2,1-6H3;1H. The predicted molar refractivity (Wildman–Crippen MR) is 135 cm³/mol. The lowest BCUT2D eigenvalue weighted by molar-refractivity contribution is 0.0983. The molecule has 0 spiro atoms. The second-order valence-corrected chi connectivity index (χ2v) is 8.40. The number of anilines is 1. The van der Waals surface area contributed by atoms with Crippen molar-refractivity contribution in [3.05, 3.63) is 47.0 Å². The van der Waals surface area contributed by atoms with Crippen LogP contribution in [-0.4, -0.2) is 56.2 Å². The highest BCUT2D eigenvalue weighted by atomic mass is 35.5. The zero-order valence-corrected chi connectivity index (χ0v) is 21.2. The number of ether oxygens (including phenoxy) is 2. The number of methoxy groups -OCH3 is 2. The number of aromatic nitrogens is 1. The predicted octanol–water partition coefficient (Wildman–Crippen LogP) is 5.34. The maximum atomic E-state index is 13.6. The number of aryl methyl sites for hydroxylation is 2. The first-order valence-corrected chi connectivity index (χ1v) is 11.4. The number of carbonyl (C=O) groups is 1. The second-order valence-electron chi connectivity index (χ2n) is 7.43. The van der Waals surface area contributed by atoms with Crippen molar-refractivity contribution < 1.29 is 14.3 Å². The van der Waals surface area contributed by atoms with Crippen LogP contribution >= 0.6 is 23.7 Å². The summed E-state index contributed by atoms with van der Waals surface area (Å²) < 4.78 is 11.9. The Balaban J connectivity index is 0.00000363. The number of thiazole rings is 1. The molecule has 174 valence electrons. The lowest BCUT2D eigenvalue weighted by atomic mass is 10.1. The van der Waals surface area contributed by atoms with Crippen LogP contribution in [0.15, 0.2) is 30.3 Å². The van der Waals surface area contributed by atoms with Gasteiger partial charge < -0.3 is 14.4 Å². The molecule has 0 aliphatic rings. The maximum Gasteiger partial charge on any atom is 0.260 e. The molecule has 0 N–H and O–H groups in total. The van der Waals surface area contributed by atoms with Gasteiger partial charge in [-0.2, -0.15) is 0 Å². The van der Waals surface area contributed by atoms with Crippen LogP contribution < -0.4 is 14.4 Å². The van der Waals surface area contributed by atoms with Crippen molar-refractivity contribution in [1.29, 1.82) is 0 Å². The van der Waals surface area contributed by atoms with E-state index in [1.165, 1.54) is 16.9 Å². The molecule has 0 fully saturated rings. The first kappa shape index (κ1) is 25.9. The minimum atomic E-state index is -0.0488. The van der Waals surface area contributed by atoms with Gasteiger partial charge in [-0.1, -0.05) is 31.3 Å². The van der Waals surface area contributed by atoms with Gasteiger partial charge in [0.2, 0.25) is 0 Å². The first-order valence-electron chi connectivity index (χ1n) is 10.6. The number of halogens is 1. The van der Waals surface area contributed by atoms with Crippen molar-refractivity contribution in [2.45, 2.75) is 27.7 Å². The molecule has 3 aromatic rings. The normalized spacial score (nSPS) is 10.8. The molecule has 6 nitrogen and oxygen atoms in total. The Morgan fingerprint density at radius 2 is 1.62 bits per heavy atom. The number of nitrogens with zero attached hydrogens (tertiary/aromatic N) is 3. The van der Waals surface area contributed by atoms with Crippen LogP contribution in [0.3, 0.4) is 0 Å². The van der Waals surface area contributed by atoms with E-state index in [1.807, 2.05) is 44.2 Å². The van der Waals surface area contributed by atoms with Gasteiger partial charge in [-0.25, -0.2) is 4.98 Å². The van der Waals surface area contributed by atoms with Gasteiger partial charge in [0.1, 0.15) is 21.7 Å². The molecule has 0 saturated carbocycles. The molecule has 0 saturated heterocycles. The van der Waals surface area contributed by atoms with Crippen molar-refractivity contribution >= 4 is 45.0 Å². The Hall–Kier alpha value is -2.35. The summed E-state index contributed by atoms with van der Waals surface area (Å²) >= 11 is 1.45. The molecule has 0 radical (unpaired) electrons. The number of carbonyl (C=O) groups excluding carboxylic acids is 1. The summed E-state index contributed by atoms with van der Waals surface area (Å²) in [6.45, 7) is 11.5. The smallest absolute Gasteiger partial charge is 0.260 e. The summed E-state index contributed by atoms with van der Waals surface area (Å²) in [6.07, 6.45) is 0. The van der Waals surface area contributed by atoms with E-state index in [0.717, 1.165) is 35.6 Å². The van der Waals surface area contributed by atoms with E-state index in [4.69, 9.17) is 14.5 Å². The van der Waals surface area contributed by atoms with Crippen LogP contribution in [0, 0.1) is 13.8 Å². The third kappa shape index (κ3) is 5.34. The summed E-state index contributed by atoms with van der Waals surface area (Å²) in [5.41, 5.74) is 3.64. The largest absolute Gasteiger partial charge is 0.495 e. The van der Waals surface area contributed by atoms with Crippen molar-refractivity contribution in [3.63, 3.8) is 0 Å². The molecule has 2 aromatic carbocycles. The Kier molecular flexibility index (Phi) is 9.31. The van der Waals surface area contributed by atoms with Crippen molar-refractivity contribution in [1.82, 2.24) is 9.88 Å². The molecule has 0 unspecified atom stereocenters. The number of benzene rings is 2. The first-order chi connectivity index (χ1) is 14.9. The Bertz CT molecular complexity index is 1030. The SMILES string of the molecule is CCN(CC)CCN(C(=O)c1ccc(C)c(C)c1)c1nc2c(OC)ccc(OC)c2s1.Cl. The molecule has 0 aliphatic heterocycles. The average molecular weight is 478 g/mol. The summed E-state index contributed by atoms with van der Waals surface area (Å²) in [7, 11) is 3.26. The van der Waals surface area contributed by atoms with Crippen LogP contribution in [0.4, 0.5) is 5.13 Å². The number of hydrogen-bond donors (Lipinski definition) is 0. The fourth-order valence-corrected chi connectivity index (χ4v) is 4.58. The quantitative estimate of drug-likeness (QED) is 0.416. The van der Waals surface area contributed by atoms with Crippen LogP contribution in [0.25, 0.3) is 10.2 Å². The molecule has 1 heterocycles. The van der Waals surface area contributed by atoms with Gasteiger partial charge in [-0.05, 0) is 62.3 Å². The highest BCUT2D eigenvalue weighted by molar-refractivity contribution is 7.22. The third-order valence-corrected chi connectivity index (χ3v) is 6.76. The molecule has 0 aliphatic carbocycles.